The van der Waals surface area contributed by atoms with Crippen molar-refractivity contribution >= 4 is 23.6 Å². The van der Waals surface area contributed by atoms with E-state index in [2.05, 4.69) is 25.7 Å². The number of rotatable bonds is 6. The standard InChI is InChI=1S/C18H19F3N6O2/c1-2-22-14-11(18(19,20)21)7-23-16(25-14)24-13-5-12(26-27(13)10-3-4-10)17-6-9(17)8-29-15(17)28/h5,7,9-10H,2-4,6,8H2,1H3,(H2,22,23,24,25)/t9-,17+/m0/s1. The molecule has 0 unspecified atom stereocenters. The number of cyclic esters (lactones) is 1. The Morgan fingerprint density at radius 2 is 2.17 bits per heavy atom. The molecule has 3 heterocycles. The van der Waals surface area contributed by atoms with Crippen LogP contribution in [0.2, 0.25) is 0 Å². The molecule has 2 aliphatic carbocycles. The predicted octanol–water partition coefficient (Wildman–Crippen LogP) is 3.02. The van der Waals surface area contributed by atoms with Crippen molar-refractivity contribution in [2.24, 2.45) is 5.92 Å². The number of hydrogen-bond donors (Lipinski definition) is 2. The summed E-state index contributed by atoms with van der Waals surface area (Å²) < 4.78 is 46.4. The van der Waals surface area contributed by atoms with E-state index in [1.807, 2.05) is 0 Å². The minimum Gasteiger partial charge on any atom is -0.465 e. The summed E-state index contributed by atoms with van der Waals surface area (Å²) in [6.45, 7) is 2.39. The smallest absolute Gasteiger partial charge is 0.421 e. The Morgan fingerprint density at radius 1 is 1.38 bits per heavy atom. The Balaban J connectivity index is 1.48. The minimum atomic E-state index is -4.55. The summed E-state index contributed by atoms with van der Waals surface area (Å²) >= 11 is 0. The summed E-state index contributed by atoms with van der Waals surface area (Å²) in [6, 6.07) is 1.96. The molecule has 0 aromatic carbocycles. The van der Waals surface area contributed by atoms with Crippen LogP contribution >= 0.6 is 0 Å². The number of fused-ring (bicyclic) bond motifs is 1. The van der Waals surface area contributed by atoms with Crippen molar-refractivity contribution in [2.75, 3.05) is 23.8 Å². The molecule has 0 bridgehead atoms. The zero-order valence-electron chi connectivity index (χ0n) is 15.6. The molecule has 3 fully saturated rings. The number of esters is 1. The normalized spacial score (nSPS) is 25.5. The molecule has 0 radical (unpaired) electrons. The fourth-order valence-electron chi connectivity index (χ4n) is 3.87. The number of carbonyl (C=O) groups is 1. The van der Waals surface area contributed by atoms with Gasteiger partial charge in [0, 0.05) is 24.7 Å². The van der Waals surface area contributed by atoms with Gasteiger partial charge in [0.2, 0.25) is 5.95 Å². The molecule has 2 atom stereocenters. The summed E-state index contributed by atoms with van der Waals surface area (Å²) in [4.78, 5) is 20.1. The fraction of sp³-hybridized carbons (Fsp3) is 0.556. The molecule has 29 heavy (non-hydrogen) atoms. The number of alkyl halides is 3. The van der Waals surface area contributed by atoms with Crippen molar-refractivity contribution in [2.45, 2.75) is 43.8 Å². The molecule has 2 saturated carbocycles. The SMILES string of the molecule is CCNc1nc(Nc2cc([C@@]34C[C@H]3COC4=O)nn2C2CC2)ncc1C(F)(F)F. The summed E-state index contributed by atoms with van der Waals surface area (Å²) in [5.74, 6) is 0.198. The van der Waals surface area contributed by atoms with E-state index in [0.29, 0.717) is 24.5 Å². The highest BCUT2D eigenvalue weighted by Gasteiger charge is 2.68. The van der Waals surface area contributed by atoms with Gasteiger partial charge in [0.1, 0.15) is 22.6 Å². The van der Waals surface area contributed by atoms with Gasteiger partial charge in [-0.05, 0) is 26.2 Å². The second kappa shape index (κ2) is 6.07. The number of nitrogens with one attached hydrogen (secondary N) is 2. The van der Waals surface area contributed by atoms with Gasteiger partial charge in [0.05, 0.1) is 18.3 Å². The first-order chi connectivity index (χ1) is 13.8. The van der Waals surface area contributed by atoms with Gasteiger partial charge in [-0.25, -0.2) is 9.67 Å². The van der Waals surface area contributed by atoms with Crippen molar-refractivity contribution < 1.29 is 22.7 Å². The average Bonchev–Trinajstić information content (AvgIpc) is 3.56. The largest absolute Gasteiger partial charge is 0.465 e. The third-order valence-electron chi connectivity index (χ3n) is 5.65. The van der Waals surface area contributed by atoms with Crippen LogP contribution in [0.1, 0.15) is 43.5 Å². The van der Waals surface area contributed by atoms with E-state index >= 15 is 0 Å². The molecule has 2 N–H and O–H groups in total. The van der Waals surface area contributed by atoms with Crippen LogP contribution in [0.25, 0.3) is 0 Å². The number of hydrogen-bond acceptors (Lipinski definition) is 7. The maximum Gasteiger partial charge on any atom is 0.421 e. The van der Waals surface area contributed by atoms with Gasteiger partial charge in [-0.2, -0.15) is 23.3 Å². The lowest BCUT2D eigenvalue weighted by Gasteiger charge is -2.14. The Morgan fingerprint density at radius 3 is 2.76 bits per heavy atom. The maximum atomic E-state index is 13.2. The van der Waals surface area contributed by atoms with Crippen LogP contribution in [0.5, 0.6) is 0 Å². The molecule has 8 nitrogen and oxygen atoms in total. The first-order valence-electron chi connectivity index (χ1n) is 9.55. The zero-order chi connectivity index (χ0) is 20.4. The monoisotopic (exact) mass is 408 g/mol. The second-order valence-electron chi connectivity index (χ2n) is 7.67. The fourth-order valence-corrected chi connectivity index (χ4v) is 3.87. The summed E-state index contributed by atoms with van der Waals surface area (Å²) in [7, 11) is 0. The van der Waals surface area contributed by atoms with E-state index in [1.165, 1.54) is 0 Å². The van der Waals surface area contributed by atoms with Crippen LogP contribution in [0.3, 0.4) is 0 Å². The summed E-state index contributed by atoms with van der Waals surface area (Å²) in [5, 5.41) is 10.2. The van der Waals surface area contributed by atoms with Gasteiger partial charge >= 0.3 is 12.1 Å². The highest BCUT2D eigenvalue weighted by molar-refractivity contribution is 5.89. The molecule has 0 amide bonds. The second-order valence-corrected chi connectivity index (χ2v) is 7.67. The highest BCUT2D eigenvalue weighted by atomic mass is 19.4. The minimum absolute atomic E-state index is 0.0288. The Kier molecular flexibility index (Phi) is 3.81. The number of aromatic nitrogens is 4. The predicted molar refractivity (Wildman–Crippen MR) is 95.7 cm³/mol. The van der Waals surface area contributed by atoms with Gasteiger partial charge < -0.3 is 15.4 Å². The van der Waals surface area contributed by atoms with Gasteiger partial charge in [-0.3, -0.25) is 4.79 Å². The number of carbonyl (C=O) groups excluding carboxylic acids is 1. The van der Waals surface area contributed by atoms with Crippen molar-refractivity contribution in [1.29, 1.82) is 0 Å². The van der Waals surface area contributed by atoms with E-state index in [0.717, 1.165) is 19.0 Å². The van der Waals surface area contributed by atoms with E-state index in [-0.39, 0.29) is 36.2 Å². The topological polar surface area (TPSA) is 94.0 Å². The van der Waals surface area contributed by atoms with Gasteiger partial charge in [0.25, 0.3) is 0 Å². The quantitative estimate of drug-likeness (QED) is 0.710. The molecule has 5 rings (SSSR count). The van der Waals surface area contributed by atoms with Gasteiger partial charge in [0.15, 0.2) is 0 Å². The Hall–Kier alpha value is -2.85. The first-order valence-corrected chi connectivity index (χ1v) is 9.55. The summed E-state index contributed by atoms with van der Waals surface area (Å²) in [6.07, 6.45) is -1.17. The molecule has 11 heteroatoms. The summed E-state index contributed by atoms with van der Waals surface area (Å²) in [5.41, 5.74) is -0.958. The van der Waals surface area contributed by atoms with Crippen LogP contribution in [0.4, 0.5) is 30.8 Å². The molecular weight excluding hydrogens is 389 g/mol. The molecule has 0 spiro atoms. The molecular formula is C18H19F3N6O2. The first kappa shape index (κ1) is 18.2. The average molecular weight is 408 g/mol. The third-order valence-corrected chi connectivity index (χ3v) is 5.65. The molecule has 3 aliphatic rings. The van der Waals surface area contributed by atoms with Crippen LogP contribution in [-0.2, 0) is 21.1 Å². The van der Waals surface area contributed by atoms with Gasteiger partial charge in [-0.1, -0.05) is 0 Å². The van der Waals surface area contributed by atoms with Crippen molar-refractivity contribution in [3.8, 4) is 0 Å². The van der Waals surface area contributed by atoms with Gasteiger partial charge in [-0.15, -0.1) is 0 Å². The Bertz CT molecular complexity index is 986. The highest BCUT2D eigenvalue weighted by Crippen LogP contribution is 2.59. The van der Waals surface area contributed by atoms with Crippen molar-refractivity contribution in [3.63, 3.8) is 0 Å². The molecule has 2 aromatic rings. The van der Waals surface area contributed by atoms with Crippen LogP contribution < -0.4 is 10.6 Å². The number of nitrogens with zero attached hydrogens (tertiary/aromatic N) is 4. The lowest BCUT2D eigenvalue weighted by atomic mass is 10.0. The lowest BCUT2D eigenvalue weighted by molar-refractivity contribution is -0.142. The van der Waals surface area contributed by atoms with E-state index in [1.54, 1.807) is 17.7 Å². The number of anilines is 3. The lowest BCUT2D eigenvalue weighted by Crippen LogP contribution is -2.19. The Labute approximate surface area is 163 Å². The van der Waals surface area contributed by atoms with E-state index in [4.69, 9.17) is 4.74 Å². The third kappa shape index (κ3) is 2.90. The van der Waals surface area contributed by atoms with Crippen LogP contribution in [0.15, 0.2) is 12.3 Å². The molecule has 2 aromatic heterocycles. The maximum absolute atomic E-state index is 13.2. The molecule has 1 saturated heterocycles. The number of halogens is 3. The molecule has 154 valence electrons. The van der Waals surface area contributed by atoms with Crippen molar-refractivity contribution in [1.82, 2.24) is 19.7 Å². The zero-order valence-corrected chi connectivity index (χ0v) is 15.6. The molecule has 1 aliphatic heterocycles. The van der Waals surface area contributed by atoms with E-state index in [9.17, 15) is 18.0 Å². The van der Waals surface area contributed by atoms with Crippen LogP contribution in [-0.4, -0.2) is 38.9 Å². The number of ether oxygens (including phenoxy) is 1. The van der Waals surface area contributed by atoms with Crippen LogP contribution in [0, 0.1) is 5.92 Å². The van der Waals surface area contributed by atoms with Crippen molar-refractivity contribution in [3.05, 3.63) is 23.5 Å². The van der Waals surface area contributed by atoms with E-state index < -0.39 is 17.2 Å².